The molecule has 39 heavy (non-hydrogen) atoms. The Morgan fingerprint density at radius 2 is 2.03 bits per heavy atom. The average molecular weight is 548 g/mol. The number of nitrogens with two attached hydrogens (primary N) is 1. The second-order valence-corrected chi connectivity index (χ2v) is 9.86. The number of alkyl carbamates (subject to hydrolysis) is 1. The number of halogens is 1. The van der Waals surface area contributed by atoms with E-state index in [2.05, 4.69) is 20.9 Å². The number of allylic oxidation sites excluding steroid dienone is 2. The quantitative estimate of drug-likeness (QED) is 0.129. The highest BCUT2D eigenvalue weighted by Crippen LogP contribution is 2.32. The molecule has 1 aliphatic rings. The summed E-state index contributed by atoms with van der Waals surface area (Å²) in [5, 5.41) is 9.40. The first kappa shape index (κ1) is 26.3. The summed E-state index contributed by atoms with van der Waals surface area (Å²) in [6.07, 6.45) is 5.64. The van der Waals surface area contributed by atoms with Crippen LogP contribution in [0.25, 0.3) is 27.9 Å². The molecule has 1 aliphatic carbocycles. The summed E-state index contributed by atoms with van der Waals surface area (Å²) < 4.78 is 7.09. The van der Waals surface area contributed by atoms with Crippen molar-refractivity contribution in [1.82, 2.24) is 25.0 Å². The molecule has 2 aromatic heterocycles. The third-order valence-electron chi connectivity index (χ3n) is 6.44. The Morgan fingerprint density at radius 3 is 2.77 bits per heavy atom. The first-order valence-electron chi connectivity index (χ1n) is 12.8. The summed E-state index contributed by atoms with van der Waals surface area (Å²) in [6, 6.07) is 11.2. The van der Waals surface area contributed by atoms with Gasteiger partial charge in [0.15, 0.2) is 11.5 Å². The van der Waals surface area contributed by atoms with E-state index in [4.69, 9.17) is 27.1 Å². The Kier molecular flexibility index (Phi) is 7.56. The van der Waals surface area contributed by atoms with E-state index in [0.29, 0.717) is 58.5 Å². The molecule has 0 atom stereocenters. The third-order valence-corrected chi connectivity index (χ3v) is 6.76. The molecule has 0 unspecified atom stereocenters. The summed E-state index contributed by atoms with van der Waals surface area (Å²) in [7, 11) is 0. The number of nitrogens with zero attached hydrogens (tertiary/aromatic N) is 3. The largest absolute Gasteiger partial charge is 0.416 e. The molecular weight excluding hydrogens is 518 g/mol. The minimum absolute atomic E-state index is 0.163. The summed E-state index contributed by atoms with van der Waals surface area (Å²) in [6.45, 7) is 4.49. The zero-order valence-electron chi connectivity index (χ0n) is 21.8. The van der Waals surface area contributed by atoms with Gasteiger partial charge in [0.1, 0.15) is 5.76 Å². The third kappa shape index (κ3) is 5.91. The molecular formula is C28H30ClN7O3. The lowest BCUT2D eigenvalue weighted by Crippen LogP contribution is -2.26. The highest BCUT2D eigenvalue weighted by atomic mass is 35.5. The number of anilines is 2. The number of amides is 2. The topological polar surface area (TPSA) is 136 Å². The van der Waals surface area contributed by atoms with Crippen molar-refractivity contribution < 1.29 is 14.3 Å². The molecule has 0 aliphatic heterocycles. The van der Waals surface area contributed by atoms with Crippen LogP contribution in [0.15, 0.2) is 54.4 Å². The van der Waals surface area contributed by atoms with Crippen LogP contribution in [0.2, 0.25) is 5.02 Å². The van der Waals surface area contributed by atoms with E-state index in [0.717, 1.165) is 29.6 Å². The van der Waals surface area contributed by atoms with Crippen molar-refractivity contribution in [3.05, 3.63) is 65.0 Å². The van der Waals surface area contributed by atoms with Crippen LogP contribution in [-0.2, 0) is 4.74 Å². The zero-order valence-corrected chi connectivity index (χ0v) is 22.5. The SMILES string of the molecule is C/C=C(\C)OC(=O)NCCCNc1nc2cc(N)ccc2n2c(-c3ccc(C(=O)NC4CC4)c(Cl)c3)cnc12. The zero-order chi connectivity index (χ0) is 27.5. The molecule has 2 amide bonds. The Bertz CT molecular complexity index is 1590. The van der Waals surface area contributed by atoms with Gasteiger partial charge >= 0.3 is 6.09 Å². The number of carbonyl (C=O) groups is 2. The molecule has 0 bridgehead atoms. The molecule has 1 saturated carbocycles. The van der Waals surface area contributed by atoms with Crippen molar-refractivity contribution in [1.29, 1.82) is 0 Å². The smallest absolute Gasteiger partial charge is 0.412 e. The first-order chi connectivity index (χ1) is 18.8. The van der Waals surface area contributed by atoms with Crippen molar-refractivity contribution in [2.24, 2.45) is 0 Å². The number of benzene rings is 2. The van der Waals surface area contributed by atoms with Crippen LogP contribution in [0, 0.1) is 0 Å². The average Bonchev–Trinajstić information content (AvgIpc) is 3.61. The highest BCUT2D eigenvalue weighted by Gasteiger charge is 2.25. The lowest BCUT2D eigenvalue weighted by atomic mass is 10.1. The van der Waals surface area contributed by atoms with Crippen LogP contribution in [-0.4, -0.2) is 45.5 Å². The van der Waals surface area contributed by atoms with Crippen LogP contribution in [0.4, 0.5) is 16.3 Å². The molecule has 1 fully saturated rings. The lowest BCUT2D eigenvalue weighted by Gasteiger charge is -2.13. The number of carbonyl (C=O) groups excluding carboxylic acids is 2. The van der Waals surface area contributed by atoms with E-state index in [-0.39, 0.29) is 11.9 Å². The number of aromatic nitrogens is 3. The molecule has 0 saturated heterocycles. The van der Waals surface area contributed by atoms with Gasteiger partial charge in [-0.15, -0.1) is 0 Å². The molecule has 4 aromatic rings. The van der Waals surface area contributed by atoms with E-state index >= 15 is 0 Å². The minimum atomic E-state index is -0.486. The van der Waals surface area contributed by atoms with Crippen LogP contribution in [0.3, 0.4) is 0 Å². The Balaban J connectivity index is 1.40. The van der Waals surface area contributed by atoms with Gasteiger partial charge < -0.3 is 26.4 Å². The van der Waals surface area contributed by atoms with Gasteiger partial charge in [-0.05, 0) is 69.5 Å². The van der Waals surface area contributed by atoms with E-state index in [1.807, 2.05) is 28.7 Å². The minimum Gasteiger partial charge on any atom is -0.416 e. The van der Waals surface area contributed by atoms with E-state index < -0.39 is 6.09 Å². The second-order valence-electron chi connectivity index (χ2n) is 9.45. The van der Waals surface area contributed by atoms with Gasteiger partial charge in [-0.1, -0.05) is 17.7 Å². The van der Waals surface area contributed by atoms with E-state index in [1.165, 1.54) is 0 Å². The van der Waals surface area contributed by atoms with Crippen molar-refractivity contribution >= 4 is 51.8 Å². The predicted octanol–water partition coefficient (Wildman–Crippen LogP) is 5.13. The fourth-order valence-electron chi connectivity index (χ4n) is 4.15. The van der Waals surface area contributed by atoms with Gasteiger partial charge in [-0.2, -0.15) is 0 Å². The number of nitrogen functional groups attached to an aromatic ring is 1. The number of hydrogen-bond acceptors (Lipinski definition) is 7. The normalized spacial score (nSPS) is 13.5. The summed E-state index contributed by atoms with van der Waals surface area (Å²) >= 11 is 6.55. The monoisotopic (exact) mass is 547 g/mol. The van der Waals surface area contributed by atoms with Gasteiger partial charge in [-0.3, -0.25) is 9.20 Å². The van der Waals surface area contributed by atoms with E-state index in [9.17, 15) is 9.59 Å². The second kappa shape index (κ2) is 11.2. The maximum Gasteiger partial charge on any atom is 0.412 e. The first-order valence-corrected chi connectivity index (χ1v) is 13.2. The van der Waals surface area contributed by atoms with Gasteiger partial charge in [0.05, 0.1) is 33.5 Å². The number of ether oxygens (including phenoxy) is 1. The predicted molar refractivity (Wildman–Crippen MR) is 153 cm³/mol. The number of nitrogens with one attached hydrogen (secondary N) is 3. The van der Waals surface area contributed by atoms with Crippen LogP contribution in [0.5, 0.6) is 0 Å². The molecule has 5 rings (SSSR count). The highest BCUT2D eigenvalue weighted by molar-refractivity contribution is 6.34. The number of rotatable bonds is 9. The van der Waals surface area contributed by atoms with Gasteiger partial charge in [0.25, 0.3) is 5.91 Å². The standard InChI is InChI=1S/C28H30ClN7O3/c1-3-16(2)39-28(38)32-12-4-11-31-25-26-33-15-24(36(26)23-10-6-18(30)14-22(23)35-25)17-5-9-20(21(29)13-17)27(37)34-19-7-8-19/h3,5-6,9-10,13-15,19H,4,7-8,11-12,30H2,1-2H3,(H,31,35)(H,32,38)(H,34,37)/b16-3+. The fraction of sp³-hybridized carbons (Fsp3) is 0.286. The maximum absolute atomic E-state index is 12.5. The number of fused-ring (bicyclic) bond motifs is 3. The van der Waals surface area contributed by atoms with Crippen molar-refractivity contribution in [2.75, 3.05) is 24.1 Å². The fourth-order valence-corrected chi connectivity index (χ4v) is 4.42. The Morgan fingerprint density at radius 1 is 1.21 bits per heavy atom. The summed E-state index contributed by atoms with van der Waals surface area (Å²) in [5.74, 6) is 0.960. The molecule has 0 radical (unpaired) electrons. The van der Waals surface area contributed by atoms with Crippen LogP contribution >= 0.6 is 11.6 Å². The van der Waals surface area contributed by atoms with Crippen molar-refractivity contribution in [2.45, 2.75) is 39.2 Å². The summed E-state index contributed by atoms with van der Waals surface area (Å²) in [5.41, 5.74) is 10.9. The maximum atomic E-state index is 12.5. The Labute approximate surface area is 230 Å². The molecule has 2 heterocycles. The molecule has 11 heteroatoms. The molecule has 5 N–H and O–H groups in total. The van der Waals surface area contributed by atoms with Crippen LogP contribution < -0.4 is 21.7 Å². The molecule has 2 aromatic carbocycles. The molecule has 202 valence electrons. The lowest BCUT2D eigenvalue weighted by molar-refractivity contribution is 0.0951. The number of imidazole rings is 1. The van der Waals surface area contributed by atoms with Gasteiger partial charge in [-0.25, -0.2) is 14.8 Å². The Hall–Kier alpha value is -4.31. The molecule has 0 spiro atoms. The molecule has 10 nitrogen and oxygen atoms in total. The van der Waals surface area contributed by atoms with Crippen molar-refractivity contribution in [3.8, 4) is 11.3 Å². The van der Waals surface area contributed by atoms with Gasteiger partial charge in [0, 0.05) is 30.4 Å². The number of hydrogen-bond donors (Lipinski definition) is 4. The van der Waals surface area contributed by atoms with Crippen molar-refractivity contribution in [3.63, 3.8) is 0 Å². The van der Waals surface area contributed by atoms with E-state index in [1.54, 1.807) is 38.3 Å². The van der Waals surface area contributed by atoms with Gasteiger partial charge in [0.2, 0.25) is 0 Å². The van der Waals surface area contributed by atoms with Crippen LogP contribution in [0.1, 0.15) is 43.5 Å². The summed E-state index contributed by atoms with van der Waals surface area (Å²) in [4.78, 5) is 33.8.